The maximum absolute atomic E-state index is 14.1. The highest BCUT2D eigenvalue weighted by Crippen LogP contribution is 2.32. The van der Waals surface area contributed by atoms with Gasteiger partial charge in [-0.3, -0.25) is 29.4 Å². The van der Waals surface area contributed by atoms with E-state index in [0.29, 0.717) is 54.4 Å². The Bertz CT molecular complexity index is 1930. The Morgan fingerprint density at radius 3 is 2.25 bits per heavy atom. The summed E-state index contributed by atoms with van der Waals surface area (Å²) >= 11 is 6.21. The van der Waals surface area contributed by atoms with Crippen molar-refractivity contribution in [3.63, 3.8) is 0 Å². The number of anilines is 2. The SMILES string of the molecule is N#Cc1ccc(OC2CCC(N(C(=O)Cc3ccc(N4CCN(CC5CCN(c6ccc(C(N)=O)nn6)CC5)CC4)cc3)C3CCC(=O)NC3=O)CC2)cc1Cl. The van der Waals surface area contributed by atoms with Crippen molar-refractivity contribution in [2.75, 3.05) is 55.6 Å². The minimum atomic E-state index is -0.695. The zero-order valence-corrected chi connectivity index (χ0v) is 32.2. The summed E-state index contributed by atoms with van der Waals surface area (Å²) in [6.45, 7) is 6.69. The molecule has 1 aliphatic carbocycles. The Balaban J connectivity index is 0.895. The molecule has 2 aromatic carbocycles. The summed E-state index contributed by atoms with van der Waals surface area (Å²) < 4.78 is 6.18. The summed E-state index contributed by atoms with van der Waals surface area (Å²) in [5, 5.41) is 20.1. The van der Waals surface area contributed by atoms with Crippen LogP contribution in [0.4, 0.5) is 11.5 Å². The molecule has 3 saturated heterocycles. The van der Waals surface area contributed by atoms with E-state index >= 15 is 0 Å². The van der Waals surface area contributed by atoms with Crippen molar-refractivity contribution in [3.8, 4) is 11.8 Å². The zero-order valence-electron chi connectivity index (χ0n) is 31.4. The molecule has 4 fully saturated rings. The number of rotatable bonds is 11. The number of halogens is 1. The Hall–Kier alpha value is -5.26. The molecule has 3 N–H and O–H groups in total. The van der Waals surface area contributed by atoms with Crippen LogP contribution in [-0.4, -0.2) is 108 Å². The topological polar surface area (TPSA) is 178 Å². The number of piperidine rings is 2. The summed E-state index contributed by atoms with van der Waals surface area (Å²) in [7, 11) is 0. The number of primary amides is 1. The van der Waals surface area contributed by atoms with E-state index in [1.54, 1.807) is 29.2 Å². The number of carbonyl (C=O) groups is 4. The van der Waals surface area contributed by atoms with Gasteiger partial charge >= 0.3 is 0 Å². The molecule has 56 heavy (non-hydrogen) atoms. The van der Waals surface area contributed by atoms with Crippen LogP contribution in [0.2, 0.25) is 5.02 Å². The number of nitriles is 1. The molecule has 15 heteroatoms. The van der Waals surface area contributed by atoms with Crippen LogP contribution in [0.25, 0.3) is 0 Å². The van der Waals surface area contributed by atoms with Gasteiger partial charge in [-0.1, -0.05) is 23.7 Å². The predicted octanol–water partition coefficient (Wildman–Crippen LogP) is 3.71. The van der Waals surface area contributed by atoms with E-state index in [1.807, 2.05) is 18.2 Å². The quantitative estimate of drug-likeness (QED) is 0.271. The fourth-order valence-electron chi connectivity index (χ4n) is 8.49. The number of amides is 4. The van der Waals surface area contributed by atoms with E-state index in [4.69, 9.17) is 22.1 Å². The lowest BCUT2D eigenvalue weighted by Crippen LogP contribution is -2.58. The fraction of sp³-hybridized carbons (Fsp3) is 0.488. The normalized spacial score (nSPS) is 22.2. The number of piperazine rings is 1. The predicted molar refractivity (Wildman–Crippen MR) is 210 cm³/mol. The minimum Gasteiger partial charge on any atom is -0.490 e. The van der Waals surface area contributed by atoms with E-state index in [9.17, 15) is 24.4 Å². The highest BCUT2D eigenvalue weighted by atomic mass is 35.5. The van der Waals surface area contributed by atoms with Crippen molar-refractivity contribution in [1.29, 1.82) is 5.26 Å². The number of nitrogens with one attached hydrogen (secondary N) is 1. The van der Waals surface area contributed by atoms with Gasteiger partial charge in [0.15, 0.2) is 11.5 Å². The monoisotopic (exact) mass is 781 g/mol. The number of nitrogens with two attached hydrogens (primary N) is 1. The minimum absolute atomic E-state index is 0.0843. The summed E-state index contributed by atoms with van der Waals surface area (Å²) in [6, 6.07) is 17.9. The zero-order chi connectivity index (χ0) is 39.2. The molecule has 0 bridgehead atoms. The number of hydrogen-bond donors (Lipinski definition) is 2. The van der Waals surface area contributed by atoms with Crippen molar-refractivity contribution >= 4 is 46.7 Å². The average molecular weight is 782 g/mol. The van der Waals surface area contributed by atoms with E-state index in [0.717, 1.165) is 75.7 Å². The van der Waals surface area contributed by atoms with Crippen molar-refractivity contribution in [3.05, 3.63) is 76.4 Å². The molecule has 1 unspecified atom stereocenters. The third kappa shape index (κ3) is 9.39. The molecule has 294 valence electrons. The van der Waals surface area contributed by atoms with Gasteiger partial charge in [0, 0.05) is 70.0 Å². The second-order valence-electron chi connectivity index (χ2n) is 15.3. The van der Waals surface area contributed by atoms with E-state index < -0.39 is 17.9 Å². The van der Waals surface area contributed by atoms with E-state index in [2.05, 4.69) is 48.4 Å². The van der Waals surface area contributed by atoms with Crippen LogP contribution < -0.4 is 25.6 Å². The van der Waals surface area contributed by atoms with Gasteiger partial charge < -0.3 is 25.2 Å². The van der Waals surface area contributed by atoms with Crippen LogP contribution in [0.3, 0.4) is 0 Å². The lowest BCUT2D eigenvalue weighted by atomic mass is 9.89. The molecular weight excluding hydrogens is 734 g/mol. The number of benzene rings is 2. The summed E-state index contributed by atoms with van der Waals surface area (Å²) in [5.74, 6) is 0.571. The molecule has 1 aromatic heterocycles. The van der Waals surface area contributed by atoms with E-state index in [1.165, 1.54) is 0 Å². The van der Waals surface area contributed by atoms with Gasteiger partial charge in [0.05, 0.1) is 23.1 Å². The van der Waals surface area contributed by atoms with Gasteiger partial charge in [0.25, 0.3) is 5.91 Å². The van der Waals surface area contributed by atoms with Gasteiger partial charge in [-0.2, -0.15) is 5.26 Å². The van der Waals surface area contributed by atoms with Gasteiger partial charge in [-0.15, -0.1) is 10.2 Å². The van der Waals surface area contributed by atoms with Crippen LogP contribution in [0.1, 0.15) is 73.0 Å². The number of ether oxygens (including phenoxy) is 1. The molecular formula is C41H48ClN9O5. The first-order chi connectivity index (χ1) is 27.1. The second kappa shape index (κ2) is 17.7. The van der Waals surface area contributed by atoms with Crippen LogP contribution in [0.5, 0.6) is 5.75 Å². The van der Waals surface area contributed by atoms with Gasteiger partial charge in [-0.25, -0.2) is 0 Å². The van der Waals surface area contributed by atoms with Crippen LogP contribution in [0.15, 0.2) is 54.6 Å². The molecule has 1 saturated carbocycles. The molecule has 3 aliphatic heterocycles. The van der Waals surface area contributed by atoms with E-state index in [-0.39, 0.29) is 42.5 Å². The van der Waals surface area contributed by atoms with Gasteiger partial charge in [-0.05, 0) is 92.8 Å². The molecule has 7 rings (SSSR count). The standard InChI is InChI=1S/C41H48ClN9O5/c42-34-24-33(8-3-29(34)25-43)56-32-9-6-31(7-10-32)51(36-12-14-38(52)45-41(36)55)39(53)23-27-1-4-30(5-2-27)49-21-19-48(20-22-49)26-28-15-17-50(18-16-28)37-13-11-35(40(44)54)46-47-37/h1-5,8,11,13,24,28,31-32,36H,6-7,9-10,12,14-23,26H2,(H2,44,54)(H,45,52,55). The number of carbonyl (C=O) groups excluding carboxylic acids is 4. The Labute approximate surface area is 331 Å². The smallest absolute Gasteiger partial charge is 0.269 e. The molecule has 4 aliphatic rings. The first kappa shape index (κ1) is 39.0. The van der Waals surface area contributed by atoms with Gasteiger partial charge in [0.2, 0.25) is 17.7 Å². The highest BCUT2D eigenvalue weighted by molar-refractivity contribution is 6.31. The average Bonchev–Trinajstić information content (AvgIpc) is 3.20. The van der Waals surface area contributed by atoms with Crippen molar-refractivity contribution in [2.24, 2.45) is 11.7 Å². The van der Waals surface area contributed by atoms with Gasteiger partial charge in [0.1, 0.15) is 17.9 Å². The first-order valence-corrected chi connectivity index (χ1v) is 20.0. The largest absolute Gasteiger partial charge is 0.490 e. The maximum atomic E-state index is 14.1. The first-order valence-electron chi connectivity index (χ1n) is 19.6. The molecule has 4 heterocycles. The Kier molecular flexibility index (Phi) is 12.3. The number of hydrogen-bond acceptors (Lipinski definition) is 11. The fourth-order valence-corrected chi connectivity index (χ4v) is 8.70. The van der Waals surface area contributed by atoms with Crippen molar-refractivity contribution < 1.29 is 23.9 Å². The third-order valence-corrected chi connectivity index (χ3v) is 11.9. The molecule has 1 atom stereocenters. The molecule has 14 nitrogen and oxygen atoms in total. The van der Waals surface area contributed by atoms with Crippen molar-refractivity contribution in [2.45, 2.75) is 76.0 Å². The summed E-state index contributed by atoms with van der Waals surface area (Å²) in [6.07, 6.45) is 5.43. The summed E-state index contributed by atoms with van der Waals surface area (Å²) in [5.41, 5.74) is 7.86. The molecule has 0 spiro atoms. The molecule has 4 amide bonds. The second-order valence-corrected chi connectivity index (χ2v) is 15.7. The Morgan fingerprint density at radius 2 is 1.62 bits per heavy atom. The van der Waals surface area contributed by atoms with Crippen molar-refractivity contribution in [1.82, 2.24) is 25.3 Å². The number of imide groups is 1. The summed E-state index contributed by atoms with van der Waals surface area (Å²) in [4.78, 5) is 59.4. The maximum Gasteiger partial charge on any atom is 0.269 e. The Morgan fingerprint density at radius 1 is 0.893 bits per heavy atom. The molecule has 3 aromatic rings. The number of nitrogens with zero attached hydrogens (tertiary/aromatic N) is 7. The number of aromatic nitrogens is 2. The van der Waals surface area contributed by atoms with Crippen LogP contribution in [0, 0.1) is 17.2 Å². The van der Waals surface area contributed by atoms with Crippen LogP contribution in [-0.2, 0) is 20.8 Å². The lowest BCUT2D eigenvalue weighted by molar-refractivity contribution is -0.148. The third-order valence-electron chi connectivity index (χ3n) is 11.6. The molecule has 0 radical (unpaired) electrons. The highest BCUT2D eigenvalue weighted by Gasteiger charge is 2.40. The van der Waals surface area contributed by atoms with Crippen LogP contribution >= 0.6 is 11.6 Å². The lowest BCUT2D eigenvalue weighted by Gasteiger charge is -2.42.